The minimum absolute atomic E-state index is 0.276. The summed E-state index contributed by atoms with van der Waals surface area (Å²) in [5.74, 6) is 0. The maximum atomic E-state index is 6.09. The van der Waals surface area contributed by atoms with Crippen LogP contribution in [0.3, 0.4) is 0 Å². The molecule has 1 saturated heterocycles. The fourth-order valence-electron chi connectivity index (χ4n) is 2.03. The normalized spacial score (nSPS) is 21.4. The van der Waals surface area contributed by atoms with Crippen molar-refractivity contribution in [3.63, 3.8) is 0 Å². The van der Waals surface area contributed by atoms with Crippen molar-refractivity contribution in [3.05, 3.63) is 27.7 Å². The summed E-state index contributed by atoms with van der Waals surface area (Å²) in [7, 11) is -0.276. The van der Waals surface area contributed by atoms with Crippen LogP contribution in [0.2, 0.25) is 0 Å². The molecule has 0 amide bonds. The minimum Gasteiger partial charge on any atom is -0.399 e. The molecule has 98 valence electrons. The zero-order valence-corrected chi connectivity index (χ0v) is 13.5. The Morgan fingerprint density at radius 1 is 0.944 bits per heavy atom. The average Bonchev–Trinajstić information content (AvgIpc) is 2.42. The van der Waals surface area contributed by atoms with Gasteiger partial charge in [-0.1, -0.05) is 27.6 Å². The molecule has 4 heteroatoms. The maximum absolute atomic E-state index is 6.09. The van der Waals surface area contributed by atoms with Crippen LogP contribution in [0, 0.1) is 13.8 Å². The van der Waals surface area contributed by atoms with Gasteiger partial charge in [0.1, 0.15) is 0 Å². The first-order chi connectivity index (χ1) is 8.14. The van der Waals surface area contributed by atoms with Crippen LogP contribution in [0.4, 0.5) is 0 Å². The third-order valence-electron chi connectivity index (χ3n) is 4.05. The Morgan fingerprint density at radius 2 is 1.44 bits per heavy atom. The topological polar surface area (TPSA) is 18.5 Å². The van der Waals surface area contributed by atoms with E-state index in [0.717, 1.165) is 9.94 Å². The first kappa shape index (κ1) is 14.1. The zero-order chi connectivity index (χ0) is 13.7. The summed E-state index contributed by atoms with van der Waals surface area (Å²) in [6.07, 6.45) is 0. The molecule has 0 spiro atoms. The fourth-order valence-corrected chi connectivity index (χ4v) is 2.49. The lowest BCUT2D eigenvalue weighted by atomic mass is 9.75. The van der Waals surface area contributed by atoms with Gasteiger partial charge in [-0.15, -0.1) is 0 Å². The molecule has 1 fully saturated rings. The average molecular weight is 311 g/mol. The standard InChI is InChI=1S/C14H20BBrO2/c1-9-8-12(16)10(2)7-11(9)15-17-13(3,4)14(5,6)18-15/h7-8H,1-6H3. The van der Waals surface area contributed by atoms with Crippen molar-refractivity contribution >= 4 is 28.5 Å². The van der Waals surface area contributed by atoms with Crippen LogP contribution >= 0.6 is 15.9 Å². The van der Waals surface area contributed by atoms with Gasteiger partial charge in [0.15, 0.2) is 0 Å². The van der Waals surface area contributed by atoms with Crippen molar-refractivity contribution in [1.29, 1.82) is 0 Å². The zero-order valence-electron chi connectivity index (χ0n) is 11.9. The lowest BCUT2D eigenvalue weighted by molar-refractivity contribution is 0.00578. The largest absolute Gasteiger partial charge is 0.495 e. The molecule has 0 bridgehead atoms. The molecule has 0 unspecified atom stereocenters. The predicted octanol–water partition coefficient (Wildman–Crippen LogP) is 3.37. The Morgan fingerprint density at radius 3 is 1.94 bits per heavy atom. The van der Waals surface area contributed by atoms with E-state index < -0.39 is 0 Å². The van der Waals surface area contributed by atoms with E-state index in [9.17, 15) is 0 Å². The molecule has 1 aliphatic rings. The van der Waals surface area contributed by atoms with Crippen molar-refractivity contribution in [1.82, 2.24) is 0 Å². The summed E-state index contributed by atoms with van der Waals surface area (Å²) >= 11 is 3.55. The van der Waals surface area contributed by atoms with Crippen LogP contribution in [-0.2, 0) is 9.31 Å². The maximum Gasteiger partial charge on any atom is 0.495 e. The number of benzene rings is 1. The molecule has 2 rings (SSSR count). The van der Waals surface area contributed by atoms with Crippen molar-refractivity contribution in [2.75, 3.05) is 0 Å². The minimum atomic E-state index is -0.287. The van der Waals surface area contributed by atoms with Crippen molar-refractivity contribution in [2.45, 2.75) is 52.7 Å². The second-order valence-corrected chi connectivity index (χ2v) is 6.90. The Hall–Kier alpha value is -0.315. The summed E-state index contributed by atoms with van der Waals surface area (Å²) < 4.78 is 13.3. The van der Waals surface area contributed by atoms with Gasteiger partial charge in [0.2, 0.25) is 0 Å². The quantitative estimate of drug-likeness (QED) is 0.741. The van der Waals surface area contributed by atoms with Gasteiger partial charge in [0.25, 0.3) is 0 Å². The fraction of sp³-hybridized carbons (Fsp3) is 0.571. The predicted molar refractivity (Wildman–Crippen MR) is 79.3 cm³/mol. The van der Waals surface area contributed by atoms with E-state index in [1.165, 1.54) is 11.1 Å². The third-order valence-corrected chi connectivity index (χ3v) is 4.91. The van der Waals surface area contributed by atoms with Crippen LogP contribution in [0.25, 0.3) is 0 Å². The monoisotopic (exact) mass is 310 g/mol. The van der Waals surface area contributed by atoms with Gasteiger partial charge in [-0.2, -0.15) is 0 Å². The van der Waals surface area contributed by atoms with Crippen LogP contribution in [0.15, 0.2) is 16.6 Å². The molecule has 0 atom stereocenters. The second-order valence-electron chi connectivity index (χ2n) is 6.05. The summed E-state index contributed by atoms with van der Waals surface area (Å²) in [5, 5.41) is 0. The summed E-state index contributed by atoms with van der Waals surface area (Å²) in [6, 6.07) is 4.26. The highest BCUT2D eigenvalue weighted by molar-refractivity contribution is 9.10. The Labute approximate surface area is 118 Å². The molecule has 0 radical (unpaired) electrons. The molecule has 0 aromatic heterocycles. The number of halogens is 1. The highest BCUT2D eigenvalue weighted by atomic mass is 79.9. The van der Waals surface area contributed by atoms with Gasteiger partial charge < -0.3 is 9.31 Å². The Balaban J connectivity index is 2.38. The molecule has 2 nitrogen and oxygen atoms in total. The van der Waals surface area contributed by atoms with E-state index in [0.29, 0.717) is 0 Å². The van der Waals surface area contributed by atoms with Crippen LogP contribution < -0.4 is 5.46 Å². The number of hydrogen-bond acceptors (Lipinski definition) is 2. The highest BCUT2D eigenvalue weighted by Crippen LogP contribution is 2.36. The van der Waals surface area contributed by atoms with E-state index in [-0.39, 0.29) is 18.3 Å². The first-order valence-electron chi connectivity index (χ1n) is 6.26. The summed E-state index contributed by atoms with van der Waals surface area (Å²) in [4.78, 5) is 0. The molecular weight excluding hydrogens is 291 g/mol. The van der Waals surface area contributed by atoms with Crippen LogP contribution in [-0.4, -0.2) is 18.3 Å². The van der Waals surface area contributed by atoms with Gasteiger partial charge in [0.05, 0.1) is 11.2 Å². The molecule has 0 aliphatic carbocycles. The van der Waals surface area contributed by atoms with E-state index in [1.54, 1.807) is 0 Å². The SMILES string of the molecule is Cc1cc(B2OC(C)(C)C(C)(C)O2)c(C)cc1Br. The Bertz CT molecular complexity index is 467. The highest BCUT2D eigenvalue weighted by Gasteiger charge is 2.52. The van der Waals surface area contributed by atoms with Gasteiger partial charge in [-0.3, -0.25) is 0 Å². The third kappa shape index (κ3) is 2.26. The molecule has 0 N–H and O–H groups in total. The molecular formula is C14H20BBrO2. The van der Waals surface area contributed by atoms with E-state index >= 15 is 0 Å². The first-order valence-corrected chi connectivity index (χ1v) is 7.06. The van der Waals surface area contributed by atoms with Gasteiger partial charge in [0, 0.05) is 4.47 Å². The smallest absolute Gasteiger partial charge is 0.399 e. The van der Waals surface area contributed by atoms with Crippen LogP contribution in [0.5, 0.6) is 0 Å². The van der Waals surface area contributed by atoms with Gasteiger partial charge in [-0.25, -0.2) is 0 Å². The molecule has 1 aliphatic heterocycles. The van der Waals surface area contributed by atoms with E-state index in [2.05, 4.69) is 69.6 Å². The number of rotatable bonds is 1. The summed E-state index contributed by atoms with van der Waals surface area (Å²) in [6.45, 7) is 12.5. The van der Waals surface area contributed by atoms with Gasteiger partial charge >= 0.3 is 7.12 Å². The van der Waals surface area contributed by atoms with E-state index in [4.69, 9.17) is 9.31 Å². The van der Waals surface area contributed by atoms with Crippen LogP contribution in [0.1, 0.15) is 38.8 Å². The van der Waals surface area contributed by atoms with Crippen molar-refractivity contribution in [2.24, 2.45) is 0 Å². The number of hydrogen-bond donors (Lipinski definition) is 0. The second kappa shape index (κ2) is 4.36. The molecule has 0 saturated carbocycles. The summed E-state index contributed by atoms with van der Waals surface area (Å²) in [5.41, 5.74) is 2.93. The number of aryl methyl sites for hydroxylation is 2. The molecule has 18 heavy (non-hydrogen) atoms. The lowest BCUT2D eigenvalue weighted by Gasteiger charge is -2.32. The lowest BCUT2D eigenvalue weighted by Crippen LogP contribution is -2.41. The molecule has 1 heterocycles. The van der Waals surface area contributed by atoms with Crippen molar-refractivity contribution in [3.8, 4) is 0 Å². The van der Waals surface area contributed by atoms with Crippen molar-refractivity contribution < 1.29 is 9.31 Å². The molecule has 1 aromatic carbocycles. The molecule has 1 aromatic rings. The Kier molecular flexibility index (Phi) is 3.42. The van der Waals surface area contributed by atoms with E-state index in [1.807, 2.05) is 0 Å². The van der Waals surface area contributed by atoms with Gasteiger partial charge in [-0.05, 0) is 58.6 Å².